The van der Waals surface area contributed by atoms with Crippen LogP contribution in [-0.4, -0.2) is 31.6 Å². The maximum Gasteiger partial charge on any atom is 0.137 e. The molecule has 2 N–H and O–H groups in total. The van der Waals surface area contributed by atoms with Gasteiger partial charge in [-0.25, -0.2) is 0 Å². The van der Waals surface area contributed by atoms with Crippen molar-refractivity contribution in [2.45, 2.75) is 31.7 Å². The van der Waals surface area contributed by atoms with Crippen LogP contribution in [0.5, 0.6) is 5.75 Å². The molecule has 3 rings (SSSR count). The van der Waals surface area contributed by atoms with E-state index < -0.39 is 0 Å². The summed E-state index contributed by atoms with van der Waals surface area (Å²) in [6.45, 7) is 0.123. The number of nitrogens with zero attached hydrogens (tertiary/aromatic N) is 3. The van der Waals surface area contributed by atoms with Gasteiger partial charge < -0.3 is 14.8 Å². The van der Waals surface area contributed by atoms with Crippen LogP contribution in [0.15, 0.2) is 24.3 Å². The van der Waals surface area contributed by atoms with Gasteiger partial charge >= 0.3 is 0 Å². The Hall–Kier alpha value is -1.88. The Balaban J connectivity index is 1.92. The first kappa shape index (κ1) is 12.2. The third-order valence-corrected chi connectivity index (χ3v) is 3.62. The van der Waals surface area contributed by atoms with E-state index in [0.717, 1.165) is 36.5 Å². The molecule has 1 aromatic carbocycles. The molecule has 1 aromatic heterocycles. The van der Waals surface area contributed by atoms with Gasteiger partial charge in [-0.05, 0) is 30.5 Å². The molecular weight excluding hydrogens is 242 g/mol. The molecule has 100 valence electrons. The van der Waals surface area contributed by atoms with E-state index in [9.17, 15) is 10.2 Å². The molecule has 5 nitrogen and oxygen atoms in total. The number of fused-ring (bicyclic) bond motifs is 1. The van der Waals surface area contributed by atoms with Crippen molar-refractivity contribution in [2.24, 2.45) is 0 Å². The fourth-order valence-corrected chi connectivity index (χ4v) is 2.72. The molecule has 0 saturated heterocycles. The number of phenolic OH excluding ortho intramolecular Hbond substituents is 1. The predicted molar refractivity (Wildman–Crippen MR) is 70.0 cm³/mol. The number of aliphatic hydroxyl groups is 1. The highest BCUT2D eigenvalue weighted by atomic mass is 16.3. The molecule has 0 aliphatic carbocycles. The van der Waals surface area contributed by atoms with Crippen LogP contribution in [-0.2, 0) is 12.8 Å². The van der Waals surface area contributed by atoms with E-state index in [0.29, 0.717) is 6.42 Å². The van der Waals surface area contributed by atoms with Crippen molar-refractivity contribution in [2.75, 3.05) is 6.61 Å². The van der Waals surface area contributed by atoms with Gasteiger partial charge in [0.05, 0.1) is 12.6 Å². The van der Waals surface area contributed by atoms with Gasteiger partial charge in [-0.2, -0.15) is 0 Å². The van der Waals surface area contributed by atoms with Crippen molar-refractivity contribution in [3.05, 3.63) is 41.5 Å². The summed E-state index contributed by atoms with van der Waals surface area (Å²) in [5.41, 5.74) is 0.998. The average Bonchev–Trinajstić information content (AvgIpc) is 2.82. The molecular formula is C14H17N3O2. The van der Waals surface area contributed by atoms with Crippen molar-refractivity contribution in [3.63, 3.8) is 0 Å². The number of aliphatic hydroxyl groups excluding tert-OH is 1. The van der Waals surface area contributed by atoms with Crippen molar-refractivity contribution in [1.29, 1.82) is 0 Å². The zero-order valence-corrected chi connectivity index (χ0v) is 10.7. The van der Waals surface area contributed by atoms with Crippen LogP contribution in [0, 0.1) is 0 Å². The van der Waals surface area contributed by atoms with E-state index in [1.807, 2.05) is 12.1 Å². The van der Waals surface area contributed by atoms with E-state index in [2.05, 4.69) is 14.8 Å². The fourth-order valence-electron chi connectivity index (χ4n) is 2.72. The highest BCUT2D eigenvalue weighted by Crippen LogP contribution is 2.26. The van der Waals surface area contributed by atoms with Crippen LogP contribution < -0.4 is 0 Å². The Morgan fingerprint density at radius 3 is 3.00 bits per heavy atom. The molecule has 2 heterocycles. The van der Waals surface area contributed by atoms with Crippen molar-refractivity contribution in [1.82, 2.24) is 14.8 Å². The minimum atomic E-state index is 0.0889. The minimum Gasteiger partial charge on any atom is -0.508 e. The molecule has 0 spiro atoms. The topological polar surface area (TPSA) is 71.2 Å². The van der Waals surface area contributed by atoms with Gasteiger partial charge in [0.1, 0.15) is 17.4 Å². The summed E-state index contributed by atoms with van der Waals surface area (Å²) in [4.78, 5) is 0. The van der Waals surface area contributed by atoms with Crippen LogP contribution in [0.2, 0.25) is 0 Å². The molecule has 1 aliphatic heterocycles. The number of aromatic hydroxyl groups is 1. The number of aromatic nitrogens is 3. The zero-order valence-electron chi connectivity index (χ0n) is 10.7. The third kappa shape index (κ3) is 2.33. The first-order valence-corrected chi connectivity index (χ1v) is 6.59. The maximum absolute atomic E-state index is 9.50. The number of hydrogen-bond donors (Lipinski definition) is 2. The summed E-state index contributed by atoms with van der Waals surface area (Å²) in [5, 5.41) is 27.4. The second-order valence-electron chi connectivity index (χ2n) is 4.98. The van der Waals surface area contributed by atoms with Gasteiger partial charge in [-0.1, -0.05) is 12.1 Å². The fraction of sp³-hybridized carbons (Fsp3) is 0.429. The number of rotatable bonds is 3. The zero-order chi connectivity index (χ0) is 13.2. The van der Waals surface area contributed by atoms with E-state index in [4.69, 9.17) is 0 Å². The predicted octanol–water partition coefficient (Wildman–Crippen LogP) is 1.44. The summed E-state index contributed by atoms with van der Waals surface area (Å²) in [5.74, 6) is 2.08. The normalized spacial score (nSPS) is 18.3. The van der Waals surface area contributed by atoms with E-state index >= 15 is 0 Å². The molecule has 0 radical (unpaired) electrons. The van der Waals surface area contributed by atoms with Crippen LogP contribution in [0.4, 0.5) is 0 Å². The monoisotopic (exact) mass is 259 g/mol. The first-order chi connectivity index (χ1) is 9.28. The van der Waals surface area contributed by atoms with Gasteiger partial charge in [0.15, 0.2) is 0 Å². The highest BCUT2D eigenvalue weighted by Gasteiger charge is 2.23. The molecule has 0 amide bonds. The lowest BCUT2D eigenvalue weighted by molar-refractivity contribution is 0.203. The Kier molecular flexibility index (Phi) is 3.21. The molecule has 1 atom stereocenters. The number of benzene rings is 1. The van der Waals surface area contributed by atoms with Crippen LogP contribution >= 0.6 is 0 Å². The number of aryl methyl sites for hydroxylation is 1. The molecule has 1 unspecified atom stereocenters. The SMILES string of the molecule is OCC1CCCc2nnc(Cc3cccc(O)c3)n21. The summed E-state index contributed by atoms with van der Waals surface area (Å²) in [6.07, 6.45) is 3.56. The Morgan fingerprint density at radius 1 is 1.32 bits per heavy atom. The maximum atomic E-state index is 9.50. The Labute approximate surface area is 111 Å². The third-order valence-electron chi connectivity index (χ3n) is 3.62. The van der Waals surface area contributed by atoms with Crippen LogP contribution in [0.25, 0.3) is 0 Å². The number of phenols is 1. The lowest BCUT2D eigenvalue weighted by Gasteiger charge is -2.24. The lowest BCUT2D eigenvalue weighted by atomic mass is 10.0. The smallest absolute Gasteiger partial charge is 0.137 e. The molecule has 0 saturated carbocycles. The number of hydrogen-bond acceptors (Lipinski definition) is 4. The summed E-state index contributed by atoms with van der Waals surface area (Å²) in [6, 6.07) is 7.25. The van der Waals surface area contributed by atoms with Gasteiger partial charge in [0, 0.05) is 12.8 Å². The van der Waals surface area contributed by atoms with Crippen molar-refractivity contribution < 1.29 is 10.2 Å². The molecule has 0 bridgehead atoms. The van der Waals surface area contributed by atoms with Gasteiger partial charge in [0.2, 0.25) is 0 Å². The molecule has 1 aliphatic rings. The minimum absolute atomic E-state index is 0.0889. The van der Waals surface area contributed by atoms with Crippen LogP contribution in [0.3, 0.4) is 0 Å². The molecule has 19 heavy (non-hydrogen) atoms. The Morgan fingerprint density at radius 2 is 2.21 bits per heavy atom. The first-order valence-electron chi connectivity index (χ1n) is 6.59. The summed E-state index contributed by atoms with van der Waals surface area (Å²) < 4.78 is 2.06. The summed E-state index contributed by atoms with van der Waals surface area (Å²) in [7, 11) is 0. The standard InChI is InChI=1S/C14H17N3O2/c18-9-11-4-2-6-13-15-16-14(17(11)13)8-10-3-1-5-12(19)7-10/h1,3,5,7,11,18-19H,2,4,6,8-9H2. The van der Waals surface area contributed by atoms with Gasteiger partial charge in [-0.15, -0.1) is 10.2 Å². The lowest BCUT2D eigenvalue weighted by Crippen LogP contribution is -2.23. The molecule has 2 aromatic rings. The van der Waals surface area contributed by atoms with Crippen molar-refractivity contribution in [3.8, 4) is 5.75 Å². The quantitative estimate of drug-likeness (QED) is 0.875. The van der Waals surface area contributed by atoms with Crippen molar-refractivity contribution >= 4 is 0 Å². The largest absolute Gasteiger partial charge is 0.508 e. The van der Waals surface area contributed by atoms with E-state index in [1.54, 1.807) is 12.1 Å². The van der Waals surface area contributed by atoms with Gasteiger partial charge in [-0.3, -0.25) is 0 Å². The van der Waals surface area contributed by atoms with E-state index in [1.165, 1.54) is 0 Å². The van der Waals surface area contributed by atoms with Crippen LogP contribution in [0.1, 0.15) is 36.1 Å². The second kappa shape index (κ2) is 5.01. The van der Waals surface area contributed by atoms with E-state index in [-0.39, 0.29) is 18.4 Å². The molecule has 0 fully saturated rings. The summed E-state index contributed by atoms with van der Waals surface area (Å²) >= 11 is 0. The second-order valence-corrected chi connectivity index (χ2v) is 4.98. The van der Waals surface area contributed by atoms with Gasteiger partial charge in [0.25, 0.3) is 0 Å². The molecule has 5 heteroatoms. The highest BCUT2D eigenvalue weighted by molar-refractivity contribution is 5.29. The Bertz CT molecular complexity index is 580. The average molecular weight is 259 g/mol.